The lowest BCUT2D eigenvalue weighted by molar-refractivity contribution is -0.121. The number of hydrogen-bond donors (Lipinski definition) is 3. The Morgan fingerprint density at radius 1 is 1.44 bits per heavy atom. The number of aliphatic hydroxyl groups is 1. The van der Waals surface area contributed by atoms with E-state index in [2.05, 4.69) is 10.6 Å². The monoisotopic (exact) mass is 257 g/mol. The van der Waals surface area contributed by atoms with Crippen LogP contribution in [0.5, 0.6) is 0 Å². The summed E-state index contributed by atoms with van der Waals surface area (Å²) in [5, 5.41) is 14.0. The molecule has 0 radical (unpaired) electrons. The zero-order valence-electron chi connectivity index (χ0n) is 11.1. The van der Waals surface area contributed by atoms with Gasteiger partial charge in [-0.05, 0) is 25.3 Å². The fourth-order valence-electron chi connectivity index (χ4n) is 2.00. The van der Waals surface area contributed by atoms with Crippen molar-refractivity contribution in [2.24, 2.45) is 5.92 Å². The minimum Gasteiger partial charge on any atom is -0.395 e. The Kier molecular flexibility index (Phi) is 6.07. The van der Waals surface area contributed by atoms with Crippen LogP contribution in [0.3, 0.4) is 0 Å². The van der Waals surface area contributed by atoms with Crippen molar-refractivity contribution in [1.29, 1.82) is 0 Å². The van der Waals surface area contributed by atoms with Gasteiger partial charge in [0.05, 0.1) is 13.2 Å². The molecule has 1 rings (SSSR count). The summed E-state index contributed by atoms with van der Waals surface area (Å²) in [6, 6.07) is -0.400. The Labute approximate surface area is 108 Å². The first-order valence-corrected chi connectivity index (χ1v) is 6.45. The summed E-state index contributed by atoms with van der Waals surface area (Å²) in [4.78, 5) is 24.9. The highest BCUT2D eigenvalue weighted by molar-refractivity contribution is 5.95. The smallest absolute Gasteiger partial charge is 0.321 e. The van der Waals surface area contributed by atoms with Crippen molar-refractivity contribution >= 4 is 11.9 Å². The van der Waals surface area contributed by atoms with Crippen LogP contribution in [0, 0.1) is 5.92 Å². The standard InChI is InChI=1S/C12H23N3O3/c1-9(2)6-13-12(18)14-11(17)7-15-5-3-4-10(15)8-16/h9-10,16H,3-8H2,1-2H3,(H2,13,14,17,18)/t10-/m0/s1. The van der Waals surface area contributed by atoms with Gasteiger partial charge in [0.2, 0.25) is 5.91 Å². The summed E-state index contributed by atoms with van der Waals surface area (Å²) in [6.45, 7) is 5.54. The average Bonchev–Trinajstić information content (AvgIpc) is 2.73. The third-order valence-electron chi connectivity index (χ3n) is 2.98. The van der Waals surface area contributed by atoms with Crippen molar-refractivity contribution < 1.29 is 14.7 Å². The van der Waals surface area contributed by atoms with Gasteiger partial charge in [0.15, 0.2) is 0 Å². The number of nitrogens with one attached hydrogen (secondary N) is 2. The molecule has 6 nitrogen and oxygen atoms in total. The SMILES string of the molecule is CC(C)CNC(=O)NC(=O)CN1CCC[C@H]1CO. The molecule has 3 amide bonds. The van der Waals surface area contributed by atoms with Gasteiger partial charge in [-0.2, -0.15) is 0 Å². The van der Waals surface area contributed by atoms with E-state index < -0.39 is 6.03 Å². The van der Waals surface area contributed by atoms with Crippen LogP contribution in [0.15, 0.2) is 0 Å². The van der Waals surface area contributed by atoms with Gasteiger partial charge >= 0.3 is 6.03 Å². The van der Waals surface area contributed by atoms with E-state index in [0.29, 0.717) is 12.5 Å². The van der Waals surface area contributed by atoms with Crippen LogP contribution in [0.4, 0.5) is 4.79 Å². The number of urea groups is 1. The lowest BCUT2D eigenvalue weighted by Gasteiger charge is -2.21. The van der Waals surface area contributed by atoms with E-state index in [9.17, 15) is 9.59 Å². The highest BCUT2D eigenvalue weighted by Crippen LogP contribution is 2.15. The molecule has 0 saturated carbocycles. The molecule has 1 aliphatic rings. The summed E-state index contributed by atoms with van der Waals surface area (Å²) in [5.41, 5.74) is 0. The molecule has 6 heteroatoms. The lowest BCUT2D eigenvalue weighted by atomic mass is 10.2. The van der Waals surface area contributed by atoms with Gasteiger partial charge in [0, 0.05) is 12.6 Å². The molecule has 0 aromatic heterocycles. The van der Waals surface area contributed by atoms with Crippen molar-refractivity contribution in [3.8, 4) is 0 Å². The maximum Gasteiger partial charge on any atom is 0.321 e. The minimum absolute atomic E-state index is 0.0504. The summed E-state index contributed by atoms with van der Waals surface area (Å²) in [7, 11) is 0. The Morgan fingerprint density at radius 2 is 2.17 bits per heavy atom. The Bertz CT molecular complexity index is 294. The molecule has 1 heterocycles. The Morgan fingerprint density at radius 3 is 2.78 bits per heavy atom. The molecule has 104 valence electrons. The number of likely N-dealkylation sites (tertiary alicyclic amines) is 1. The van der Waals surface area contributed by atoms with Crippen LogP contribution in [-0.4, -0.2) is 54.2 Å². The van der Waals surface area contributed by atoms with Gasteiger partial charge in [-0.25, -0.2) is 4.79 Å². The van der Waals surface area contributed by atoms with Gasteiger partial charge < -0.3 is 10.4 Å². The Balaban J connectivity index is 2.26. The molecule has 0 spiro atoms. The first-order chi connectivity index (χ1) is 8.52. The second kappa shape index (κ2) is 7.33. The molecule has 0 aliphatic carbocycles. The molecule has 3 N–H and O–H groups in total. The fourth-order valence-corrected chi connectivity index (χ4v) is 2.00. The largest absolute Gasteiger partial charge is 0.395 e. The molecular formula is C12H23N3O3. The number of rotatable bonds is 5. The second-order valence-corrected chi connectivity index (χ2v) is 5.10. The molecule has 1 aliphatic heterocycles. The van der Waals surface area contributed by atoms with E-state index in [1.165, 1.54) is 0 Å². The van der Waals surface area contributed by atoms with Crippen LogP contribution in [0.25, 0.3) is 0 Å². The highest BCUT2D eigenvalue weighted by atomic mass is 16.3. The third kappa shape index (κ3) is 5.01. The Hall–Kier alpha value is -1.14. The molecule has 0 bridgehead atoms. The maximum absolute atomic E-state index is 11.6. The predicted octanol–water partition coefficient (Wildman–Crippen LogP) is -0.0751. The van der Waals surface area contributed by atoms with Crippen LogP contribution in [0.2, 0.25) is 0 Å². The number of aliphatic hydroxyl groups excluding tert-OH is 1. The van der Waals surface area contributed by atoms with Crippen molar-refractivity contribution in [1.82, 2.24) is 15.5 Å². The number of carbonyl (C=O) groups is 2. The normalized spacial score (nSPS) is 20.1. The van der Waals surface area contributed by atoms with E-state index in [4.69, 9.17) is 5.11 Å². The summed E-state index contributed by atoms with van der Waals surface area (Å²) in [5.74, 6) is 0.0276. The van der Waals surface area contributed by atoms with Crippen LogP contribution in [0.1, 0.15) is 26.7 Å². The van der Waals surface area contributed by atoms with Crippen molar-refractivity contribution in [2.75, 3.05) is 26.2 Å². The van der Waals surface area contributed by atoms with Crippen LogP contribution >= 0.6 is 0 Å². The number of imide groups is 1. The maximum atomic E-state index is 11.6. The molecular weight excluding hydrogens is 234 g/mol. The number of amides is 3. The van der Waals surface area contributed by atoms with E-state index in [1.807, 2.05) is 18.7 Å². The topological polar surface area (TPSA) is 81.7 Å². The molecule has 18 heavy (non-hydrogen) atoms. The van der Waals surface area contributed by atoms with Gasteiger partial charge in [-0.1, -0.05) is 13.8 Å². The summed E-state index contributed by atoms with van der Waals surface area (Å²) < 4.78 is 0. The van der Waals surface area contributed by atoms with E-state index >= 15 is 0 Å². The molecule has 1 saturated heterocycles. The van der Waals surface area contributed by atoms with Crippen LogP contribution in [-0.2, 0) is 4.79 Å². The van der Waals surface area contributed by atoms with Gasteiger partial charge in [-0.3, -0.25) is 15.0 Å². The fraction of sp³-hybridized carbons (Fsp3) is 0.833. The average molecular weight is 257 g/mol. The van der Waals surface area contributed by atoms with Crippen LogP contribution < -0.4 is 10.6 Å². The molecule has 0 unspecified atom stereocenters. The van der Waals surface area contributed by atoms with Crippen molar-refractivity contribution in [3.05, 3.63) is 0 Å². The van der Waals surface area contributed by atoms with Gasteiger partial charge in [0.25, 0.3) is 0 Å². The summed E-state index contributed by atoms with van der Waals surface area (Å²) in [6.07, 6.45) is 1.89. The van der Waals surface area contributed by atoms with E-state index in [0.717, 1.165) is 19.4 Å². The van der Waals surface area contributed by atoms with E-state index in [-0.39, 0.29) is 25.1 Å². The molecule has 1 fully saturated rings. The first kappa shape index (κ1) is 14.9. The lowest BCUT2D eigenvalue weighted by Crippen LogP contribution is -2.46. The molecule has 0 aromatic carbocycles. The van der Waals surface area contributed by atoms with Gasteiger partial charge in [-0.15, -0.1) is 0 Å². The molecule has 1 atom stereocenters. The number of nitrogens with zero attached hydrogens (tertiary/aromatic N) is 1. The number of carbonyl (C=O) groups excluding carboxylic acids is 2. The number of hydrogen-bond acceptors (Lipinski definition) is 4. The van der Waals surface area contributed by atoms with E-state index in [1.54, 1.807) is 0 Å². The minimum atomic E-state index is -0.451. The highest BCUT2D eigenvalue weighted by Gasteiger charge is 2.25. The third-order valence-corrected chi connectivity index (χ3v) is 2.98. The van der Waals surface area contributed by atoms with Gasteiger partial charge in [0.1, 0.15) is 0 Å². The zero-order valence-corrected chi connectivity index (χ0v) is 11.1. The second-order valence-electron chi connectivity index (χ2n) is 5.10. The van der Waals surface area contributed by atoms with Crippen molar-refractivity contribution in [2.45, 2.75) is 32.7 Å². The predicted molar refractivity (Wildman–Crippen MR) is 68.1 cm³/mol. The first-order valence-electron chi connectivity index (χ1n) is 6.45. The quantitative estimate of drug-likeness (QED) is 0.643. The zero-order chi connectivity index (χ0) is 13.5. The molecule has 0 aromatic rings. The van der Waals surface area contributed by atoms with Crippen molar-refractivity contribution in [3.63, 3.8) is 0 Å². The summed E-state index contributed by atoms with van der Waals surface area (Å²) >= 11 is 0.